The van der Waals surface area contributed by atoms with Crippen LogP contribution < -0.4 is 15.2 Å². The molecule has 2 fully saturated rings. The quantitative estimate of drug-likeness (QED) is 0.357. The minimum Gasteiger partial charge on any atom is -0.489 e. The van der Waals surface area contributed by atoms with Gasteiger partial charge in [-0.2, -0.15) is 0 Å². The number of fused-ring (bicyclic) bond motifs is 1. The maximum absolute atomic E-state index is 6.75. The van der Waals surface area contributed by atoms with Crippen molar-refractivity contribution in [2.75, 3.05) is 13.2 Å². The molecule has 5 nitrogen and oxygen atoms in total. The van der Waals surface area contributed by atoms with Crippen LogP contribution in [0.3, 0.4) is 0 Å². The molecule has 0 amide bonds. The van der Waals surface area contributed by atoms with Crippen molar-refractivity contribution in [1.82, 2.24) is 4.98 Å². The minimum absolute atomic E-state index is 0.146. The van der Waals surface area contributed by atoms with Crippen LogP contribution in [0.5, 0.6) is 11.6 Å². The van der Waals surface area contributed by atoms with E-state index in [2.05, 4.69) is 11.9 Å². The lowest BCUT2D eigenvalue weighted by Crippen LogP contribution is -2.51. The topological polar surface area (TPSA) is 66.6 Å². The highest BCUT2D eigenvalue weighted by Crippen LogP contribution is 2.50. The third kappa shape index (κ3) is 5.34. The molecule has 36 heavy (non-hydrogen) atoms. The van der Waals surface area contributed by atoms with Gasteiger partial charge in [-0.1, -0.05) is 48.9 Å². The van der Waals surface area contributed by atoms with Crippen LogP contribution in [0.4, 0.5) is 0 Å². The molecule has 0 spiro atoms. The van der Waals surface area contributed by atoms with Gasteiger partial charge >= 0.3 is 0 Å². The van der Waals surface area contributed by atoms with E-state index in [4.69, 9.17) is 31.5 Å². The summed E-state index contributed by atoms with van der Waals surface area (Å²) >= 11 is 6.72. The summed E-state index contributed by atoms with van der Waals surface area (Å²) in [4.78, 5) is 4.45. The highest BCUT2D eigenvalue weighted by atomic mass is 35.5. The van der Waals surface area contributed by atoms with E-state index in [0.717, 1.165) is 80.2 Å². The fraction of sp³-hybridized carbons (Fsp3) is 0.500. The van der Waals surface area contributed by atoms with Crippen molar-refractivity contribution < 1.29 is 14.2 Å². The Labute approximate surface area is 219 Å². The lowest BCUT2D eigenvalue weighted by molar-refractivity contribution is -0.0398. The average Bonchev–Trinajstić information content (AvgIpc) is 2.93. The van der Waals surface area contributed by atoms with E-state index in [9.17, 15) is 0 Å². The van der Waals surface area contributed by atoms with E-state index in [0.29, 0.717) is 23.4 Å². The summed E-state index contributed by atoms with van der Waals surface area (Å²) in [5, 5.41) is 2.49. The smallest absolute Gasteiger partial charge is 0.221 e. The van der Waals surface area contributed by atoms with Crippen LogP contribution in [0.2, 0.25) is 5.02 Å². The van der Waals surface area contributed by atoms with E-state index >= 15 is 0 Å². The lowest BCUT2D eigenvalue weighted by Gasteiger charge is -2.50. The molecule has 0 radical (unpaired) electrons. The van der Waals surface area contributed by atoms with Gasteiger partial charge in [-0.05, 0) is 85.4 Å². The zero-order valence-corrected chi connectivity index (χ0v) is 21.9. The summed E-state index contributed by atoms with van der Waals surface area (Å²) in [6, 6.07) is 16.2. The average molecular weight is 509 g/mol. The van der Waals surface area contributed by atoms with Crippen molar-refractivity contribution in [2.24, 2.45) is 17.1 Å². The molecule has 2 heterocycles. The molecule has 1 atom stereocenters. The second-order valence-corrected chi connectivity index (χ2v) is 10.8. The Morgan fingerprint density at radius 3 is 2.56 bits per heavy atom. The SMILES string of the molecule is CCC(N)[C@]1(C2CCOCC2)CC[C@@H](Oc2cc3ccnc(OCc4ccccc4)c3cc2Cl)CC1. The number of aromatic nitrogens is 1. The second kappa shape index (κ2) is 11.4. The number of rotatable bonds is 8. The molecule has 3 aromatic rings. The van der Waals surface area contributed by atoms with Crippen molar-refractivity contribution in [1.29, 1.82) is 0 Å². The van der Waals surface area contributed by atoms with Gasteiger partial charge in [-0.15, -0.1) is 0 Å². The molecule has 1 aliphatic heterocycles. The molecule has 2 N–H and O–H groups in total. The van der Waals surface area contributed by atoms with E-state index in [1.54, 1.807) is 6.20 Å². The molecule has 1 saturated carbocycles. The van der Waals surface area contributed by atoms with Crippen LogP contribution in [-0.4, -0.2) is 30.3 Å². The Balaban J connectivity index is 1.28. The zero-order chi connectivity index (χ0) is 25.0. The predicted octanol–water partition coefficient (Wildman–Crippen LogP) is 6.94. The van der Waals surface area contributed by atoms with Gasteiger partial charge in [0.25, 0.3) is 0 Å². The number of ether oxygens (including phenoxy) is 3. The maximum Gasteiger partial charge on any atom is 0.221 e. The Morgan fingerprint density at radius 2 is 1.83 bits per heavy atom. The fourth-order valence-corrected chi connectivity index (χ4v) is 6.47. The van der Waals surface area contributed by atoms with Crippen LogP contribution >= 0.6 is 11.6 Å². The summed E-state index contributed by atoms with van der Waals surface area (Å²) in [5.41, 5.74) is 8.05. The van der Waals surface area contributed by atoms with Crippen LogP contribution in [0.25, 0.3) is 10.8 Å². The van der Waals surface area contributed by atoms with Crippen molar-refractivity contribution in [3.63, 3.8) is 0 Å². The Hall–Kier alpha value is -2.34. The van der Waals surface area contributed by atoms with Crippen molar-refractivity contribution in [3.8, 4) is 11.6 Å². The first kappa shape index (κ1) is 25.3. The molecule has 0 bridgehead atoms. The first-order valence-electron chi connectivity index (χ1n) is 13.3. The second-order valence-electron chi connectivity index (χ2n) is 10.3. The van der Waals surface area contributed by atoms with Gasteiger partial charge in [0.2, 0.25) is 5.88 Å². The summed E-state index contributed by atoms with van der Waals surface area (Å²) < 4.78 is 18.2. The highest BCUT2D eigenvalue weighted by molar-refractivity contribution is 6.33. The van der Waals surface area contributed by atoms with Gasteiger partial charge in [0.05, 0.1) is 11.1 Å². The van der Waals surface area contributed by atoms with Crippen LogP contribution in [0.1, 0.15) is 57.4 Å². The van der Waals surface area contributed by atoms with Crippen molar-refractivity contribution >= 4 is 22.4 Å². The fourth-order valence-electron chi connectivity index (χ4n) is 6.27. The van der Waals surface area contributed by atoms with Crippen LogP contribution in [-0.2, 0) is 11.3 Å². The minimum atomic E-state index is 0.146. The maximum atomic E-state index is 6.75. The standard InChI is InChI=1S/C30H37ClN2O3/c1-2-28(32)30(23-11-16-34-17-12-23)13-8-24(9-14-30)36-27-18-22-10-15-33-29(25(22)19-26(27)31)35-20-21-6-4-3-5-7-21/h3-7,10,15,18-19,23-24,28H,2,8-9,11-14,16-17,20,32H2,1H3/t24-,28?,30-. The zero-order valence-electron chi connectivity index (χ0n) is 21.1. The summed E-state index contributed by atoms with van der Waals surface area (Å²) in [5.74, 6) is 1.96. The Morgan fingerprint density at radius 1 is 1.08 bits per heavy atom. The van der Waals surface area contributed by atoms with Crippen molar-refractivity contribution in [2.45, 2.75) is 70.6 Å². The number of hydrogen-bond acceptors (Lipinski definition) is 5. The molecular formula is C30H37ClN2O3. The van der Waals surface area contributed by atoms with E-state index in [1.165, 1.54) is 0 Å². The number of halogens is 1. The molecule has 1 unspecified atom stereocenters. The molecule has 2 aromatic carbocycles. The van der Waals surface area contributed by atoms with Gasteiger partial charge in [-0.25, -0.2) is 4.98 Å². The molecule has 1 saturated heterocycles. The highest BCUT2D eigenvalue weighted by Gasteiger charge is 2.46. The van der Waals surface area contributed by atoms with Crippen LogP contribution in [0, 0.1) is 11.3 Å². The summed E-state index contributed by atoms with van der Waals surface area (Å²) in [6.07, 6.45) is 9.39. The molecular weight excluding hydrogens is 472 g/mol. The number of nitrogens with zero attached hydrogens (tertiary/aromatic N) is 1. The molecule has 2 aliphatic rings. The Bertz CT molecular complexity index is 1140. The molecule has 192 valence electrons. The van der Waals surface area contributed by atoms with Gasteiger partial charge in [0, 0.05) is 30.8 Å². The molecule has 5 rings (SSSR count). The van der Waals surface area contributed by atoms with E-state index < -0.39 is 0 Å². The van der Waals surface area contributed by atoms with Gasteiger partial charge in [0.1, 0.15) is 12.4 Å². The van der Waals surface area contributed by atoms with Crippen LogP contribution in [0.15, 0.2) is 54.7 Å². The monoisotopic (exact) mass is 508 g/mol. The van der Waals surface area contributed by atoms with Gasteiger partial charge < -0.3 is 19.9 Å². The number of pyridine rings is 1. The summed E-state index contributed by atoms with van der Waals surface area (Å²) in [6.45, 7) is 4.40. The molecule has 6 heteroatoms. The Kier molecular flexibility index (Phi) is 8.00. The van der Waals surface area contributed by atoms with E-state index in [-0.39, 0.29) is 17.6 Å². The first-order valence-corrected chi connectivity index (χ1v) is 13.7. The van der Waals surface area contributed by atoms with Crippen molar-refractivity contribution in [3.05, 3.63) is 65.3 Å². The van der Waals surface area contributed by atoms with E-state index in [1.807, 2.05) is 48.5 Å². The number of hydrogen-bond donors (Lipinski definition) is 1. The third-order valence-electron chi connectivity index (χ3n) is 8.37. The number of nitrogens with two attached hydrogens (primary N) is 1. The largest absolute Gasteiger partial charge is 0.489 e. The summed E-state index contributed by atoms with van der Waals surface area (Å²) in [7, 11) is 0. The lowest BCUT2D eigenvalue weighted by atomic mass is 9.59. The molecule has 1 aromatic heterocycles. The molecule has 1 aliphatic carbocycles. The predicted molar refractivity (Wildman–Crippen MR) is 145 cm³/mol. The van der Waals surface area contributed by atoms with Gasteiger partial charge in [-0.3, -0.25) is 0 Å². The normalized spacial score (nSPS) is 23.9. The first-order chi connectivity index (χ1) is 17.6. The number of benzene rings is 2. The van der Waals surface area contributed by atoms with Gasteiger partial charge in [0.15, 0.2) is 0 Å². The third-order valence-corrected chi connectivity index (χ3v) is 8.66.